The Hall–Kier alpha value is -2.63. The average Bonchev–Trinajstić information content (AvgIpc) is 2.98. The van der Waals surface area contributed by atoms with Crippen molar-refractivity contribution < 1.29 is 21.6 Å². The molecule has 0 amide bonds. The van der Waals surface area contributed by atoms with Gasteiger partial charge < -0.3 is 0 Å². The van der Waals surface area contributed by atoms with E-state index in [1.807, 2.05) is 4.72 Å². The van der Waals surface area contributed by atoms with Crippen molar-refractivity contribution in [1.29, 1.82) is 0 Å². The van der Waals surface area contributed by atoms with Crippen LogP contribution in [-0.4, -0.2) is 33.0 Å². The Morgan fingerprint density at radius 2 is 1.88 bits per heavy atom. The van der Waals surface area contributed by atoms with Gasteiger partial charge in [0.15, 0.2) is 11.3 Å². The summed E-state index contributed by atoms with van der Waals surface area (Å²) in [7, 11) is -1.37. The van der Waals surface area contributed by atoms with E-state index in [2.05, 4.69) is 15.2 Å². The first-order chi connectivity index (χ1) is 11.5. The van der Waals surface area contributed by atoms with Crippen molar-refractivity contribution in [2.24, 2.45) is 14.1 Å². The molecule has 8 nitrogen and oxygen atoms in total. The third-order valence-corrected chi connectivity index (χ3v) is 4.82. The molecule has 3 rings (SSSR count). The van der Waals surface area contributed by atoms with Crippen molar-refractivity contribution in [3.63, 3.8) is 0 Å². The maximum atomic E-state index is 13.0. The van der Waals surface area contributed by atoms with Gasteiger partial charge in [0.1, 0.15) is 4.90 Å². The molecule has 12 heteroatoms. The molecule has 3 aromatic heterocycles. The van der Waals surface area contributed by atoms with Gasteiger partial charge in [-0.2, -0.15) is 23.4 Å². The number of rotatable bonds is 3. The van der Waals surface area contributed by atoms with E-state index < -0.39 is 27.6 Å². The lowest BCUT2D eigenvalue weighted by Crippen LogP contribution is -2.17. The van der Waals surface area contributed by atoms with Crippen LogP contribution < -0.4 is 4.72 Å². The maximum absolute atomic E-state index is 13.0. The number of hydrogen-bond donors (Lipinski definition) is 1. The summed E-state index contributed by atoms with van der Waals surface area (Å²) in [4.78, 5) is 3.75. The number of sulfonamides is 1. The fourth-order valence-corrected chi connectivity index (χ4v) is 3.43. The fraction of sp³-hybridized carbons (Fsp3) is 0.308. The molecule has 0 atom stereocenters. The highest BCUT2D eigenvalue weighted by Crippen LogP contribution is 2.34. The second-order valence-corrected chi connectivity index (χ2v) is 7.10. The summed E-state index contributed by atoms with van der Waals surface area (Å²) in [5, 5.41) is 7.88. The zero-order valence-electron chi connectivity index (χ0n) is 13.3. The Labute approximate surface area is 140 Å². The second kappa shape index (κ2) is 5.44. The molecule has 0 bridgehead atoms. The minimum absolute atomic E-state index is 0.270. The molecule has 1 N–H and O–H groups in total. The first-order valence-electron chi connectivity index (χ1n) is 6.92. The molecule has 3 aromatic rings. The minimum atomic E-state index is -4.79. The van der Waals surface area contributed by atoms with Crippen LogP contribution in [0.2, 0.25) is 0 Å². The van der Waals surface area contributed by atoms with Gasteiger partial charge in [-0.1, -0.05) is 0 Å². The number of aryl methyl sites for hydroxylation is 3. The maximum Gasteiger partial charge on any atom is 0.437 e. The third-order valence-electron chi connectivity index (χ3n) is 3.49. The molecular weight excluding hydrogens is 361 g/mol. The van der Waals surface area contributed by atoms with Gasteiger partial charge in [-0.3, -0.25) is 14.1 Å². The quantitative estimate of drug-likeness (QED) is 0.755. The van der Waals surface area contributed by atoms with Crippen LogP contribution >= 0.6 is 0 Å². The summed E-state index contributed by atoms with van der Waals surface area (Å²) in [6.07, 6.45) is -2.78. The fourth-order valence-electron chi connectivity index (χ4n) is 2.41. The van der Waals surface area contributed by atoms with Crippen LogP contribution in [-0.2, 0) is 30.3 Å². The van der Waals surface area contributed by atoms with Crippen molar-refractivity contribution in [1.82, 2.24) is 24.5 Å². The van der Waals surface area contributed by atoms with Crippen LogP contribution in [0.1, 0.15) is 11.4 Å². The molecule has 134 valence electrons. The van der Waals surface area contributed by atoms with Gasteiger partial charge in [-0.05, 0) is 13.0 Å². The Morgan fingerprint density at radius 3 is 2.52 bits per heavy atom. The predicted molar refractivity (Wildman–Crippen MR) is 82.3 cm³/mol. The second-order valence-electron chi connectivity index (χ2n) is 5.42. The van der Waals surface area contributed by atoms with Crippen molar-refractivity contribution in [3.8, 4) is 0 Å². The summed E-state index contributed by atoms with van der Waals surface area (Å²) < 4.78 is 68.1. The number of aromatic nitrogens is 5. The number of nitrogens with one attached hydrogen (secondary N) is 1. The molecule has 0 aliphatic rings. The monoisotopic (exact) mass is 374 g/mol. The molecule has 0 aliphatic carbocycles. The van der Waals surface area contributed by atoms with Crippen molar-refractivity contribution in [2.45, 2.75) is 18.0 Å². The Kier molecular flexibility index (Phi) is 3.74. The zero-order valence-corrected chi connectivity index (χ0v) is 14.1. The van der Waals surface area contributed by atoms with Gasteiger partial charge in [0.2, 0.25) is 0 Å². The van der Waals surface area contributed by atoms with Crippen LogP contribution in [0.15, 0.2) is 23.4 Å². The Morgan fingerprint density at radius 1 is 1.20 bits per heavy atom. The van der Waals surface area contributed by atoms with Crippen LogP contribution in [0.3, 0.4) is 0 Å². The van der Waals surface area contributed by atoms with Crippen LogP contribution in [0.25, 0.3) is 11.0 Å². The molecular formula is C13H13F3N6O2S. The molecule has 0 aromatic carbocycles. The predicted octanol–water partition coefficient (Wildman–Crippen LogP) is 1.83. The standard InChI is InChI=1S/C13H13F3N6O2S/c1-7-9-4-8(5-17-12(9)22(3)18-7)25(23,24)20-10-6-21(2)19-11(10)13(14,15)16/h4-6,20H,1-3H3. The van der Waals surface area contributed by atoms with E-state index in [9.17, 15) is 21.6 Å². The number of nitrogens with zero attached hydrogens (tertiary/aromatic N) is 5. The van der Waals surface area contributed by atoms with Crippen LogP contribution in [0.4, 0.5) is 18.9 Å². The molecule has 0 saturated heterocycles. The molecule has 0 aliphatic heterocycles. The van der Waals surface area contributed by atoms with Gasteiger partial charge in [0.25, 0.3) is 10.0 Å². The molecule has 0 unspecified atom stereocenters. The van der Waals surface area contributed by atoms with Crippen molar-refractivity contribution in [3.05, 3.63) is 29.8 Å². The van der Waals surface area contributed by atoms with Gasteiger partial charge in [-0.15, -0.1) is 0 Å². The molecule has 3 heterocycles. The van der Waals surface area contributed by atoms with Crippen LogP contribution in [0.5, 0.6) is 0 Å². The normalized spacial score (nSPS) is 12.7. The summed E-state index contributed by atoms with van der Waals surface area (Å²) >= 11 is 0. The molecule has 0 radical (unpaired) electrons. The minimum Gasteiger partial charge on any atom is -0.276 e. The molecule has 0 saturated carbocycles. The van der Waals surface area contributed by atoms with Gasteiger partial charge in [-0.25, -0.2) is 13.4 Å². The topological polar surface area (TPSA) is 94.7 Å². The summed E-state index contributed by atoms with van der Waals surface area (Å²) in [6, 6.07) is 1.32. The number of halogens is 3. The van der Waals surface area contributed by atoms with E-state index in [1.54, 1.807) is 14.0 Å². The number of fused-ring (bicyclic) bond motifs is 1. The van der Waals surface area contributed by atoms with Gasteiger partial charge in [0, 0.05) is 31.9 Å². The summed E-state index contributed by atoms with van der Waals surface area (Å²) in [6.45, 7) is 1.68. The molecule has 25 heavy (non-hydrogen) atoms. The Balaban J connectivity index is 2.05. The highest BCUT2D eigenvalue weighted by Gasteiger charge is 2.38. The number of pyridine rings is 1. The molecule has 0 spiro atoms. The highest BCUT2D eigenvalue weighted by atomic mass is 32.2. The lowest BCUT2D eigenvalue weighted by Gasteiger charge is -2.09. The van der Waals surface area contributed by atoms with E-state index in [4.69, 9.17) is 0 Å². The number of anilines is 1. The lowest BCUT2D eigenvalue weighted by atomic mass is 10.3. The highest BCUT2D eigenvalue weighted by molar-refractivity contribution is 7.92. The van der Waals surface area contributed by atoms with E-state index >= 15 is 0 Å². The largest absolute Gasteiger partial charge is 0.437 e. The van der Waals surface area contributed by atoms with Crippen LogP contribution in [0, 0.1) is 6.92 Å². The Bertz CT molecular complexity index is 1070. The van der Waals surface area contributed by atoms with E-state index in [0.29, 0.717) is 16.7 Å². The third kappa shape index (κ3) is 3.04. The van der Waals surface area contributed by atoms with Crippen molar-refractivity contribution in [2.75, 3.05) is 4.72 Å². The van der Waals surface area contributed by atoms with Gasteiger partial charge >= 0.3 is 6.18 Å². The van der Waals surface area contributed by atoms with E-state index in [-0.39, 0.29) is 4.90 Å². The van der Waals surface area contributed by atoms with Gasteiger partial charge in [0.05, 0.1) is 11.4 Å². The average molecular weight is 374 g/mol. The van der Waals surface area contributed by atoms with Crippen molar-refractivity contribution >= 4 is 26.7 Å². The first kappa shape index (κ1) is 17.2. The van der Waals surface area contributed by atoms with E-state index in [0.717, 1.165) is 17.1 Å². The molecule has 0 fully saturated rings. The SMILES string of the molecule is Cc1nn(C)c2ncc(S(=O)(=O)Nc3cn(C)nc3C(F)(F)F)cc12. The number of hydrogen-bond acceptors (Lipinski definition) is 5. The first-order valence-corrected chi connectivity index (χ1v) is 8.40. The summed E-state index contributed by atoms with van der Waals surface area (Å²) in [5.74, 6) is 0. The lowest BCUT2D eigenvalue weighted by molar-refractivity contribution is -0.140. The number of alkyl halides is 3. The zero-order chi connectivity index (χ0) is 18.6. The summed E-state index contributed by atoms with van der Waals surface area (Å²) in [5.41, 5.74) is -0.948. The smallest absolute Gasteiger partial charge is 0.276 e. The van der Waals surface area contributed by atoms with E-state index in [1.165, 1.54) is 17.8 Å².